The lowest BCUT2D eigenvalue weighted by Gasteiger charge is -2.10. The second-order valence-electron chi connectivity index (χ2n) is 6.72. The van der Waals surface area contributed by atoms with Crippen LogP contribution in [-0.2, 0) is 10.0 Å². The summed E-state index contributed by atoms with van der Waals surface area (Å²) in [4.78, 5) is 13.8. The Kier molecular flexibility index (Phi) is 5.84. The third-order valence-corrected chi connectivity index (χ3v) is 7.23. The molecule has 0 fully saturated rings. The molecule has 0 atom stereocenters. The summed E-state index contributed by atoms with van der Waals surface area (Å²) in [7, 11) is -3.76. The first kappa shape index (κ1) is 21.5. The van der Waals surface area contributed by atoms with Gasteiger partial charge in [-0.25, -0.2) is 13.6 Å². The Bertz CT molecular complexity index is 1340. The second-order valence-corrected chi connectivity index (χ2v) is 10.2. The van der Waals surface area contributed by atoms with Crippen molar-refractivity contribution in [1.29, 1.82) is 0 Å². The van der Waals surface area contributed by atoms with Crippen LogP contribution in [0.25, 0.3) is 16.5 Å². The van der Waals surface area contributed by atoms with Gasteiger partial charge in [-0.3, -0.25) is 4.79 Å². The van der Waals surface area contributed by atoms with E-state index in [1.54, 1.807) is 12.1 Å². The highest BCUT2D eigenvalue weighted by molar-refractivity contribution is 7.99. The first-order valence-electron chi connectivity index (χ1n) is 9.09. The van der Waals surface area contributed by atoms with Crippen LogP contribution >= 0.6 is 23.1 Å². The smallest absolute Gasteiger partial charge is 0.277 e. The zero-order chi connectivity index (χ0) is 22.2. The summed E-state index contributed by atoms with van der Waals surface area (Å²) < 4.78 is 30.5. The molecule has 160 valence electrons. The molecule has 4 rings (SSSR count). The molecule has 3 aromatic heterocycles. The fourth-order valence-corrected chi connectivity index (χ4v) is 5.01. The Labute approximate surface area is 187 Å². The number of benzene rings is 1. The third-order valence-electron chi connectivity index (χ3n) is 4.62. The Balaban J connectivity index is 1.51. The van der Waals surface area contributed by atoms with Crippen molar-refractivity contribution in [2.45, 2.75) is 24.0 Å². The van der Waals surface area contributed by atoms with Gasteiger partial charge in [0.05, 0.1) is 15.5 Å². The average Bonchev–Trinajstić information content (AvgIpc) is 3.46. The van der Waals surface area contributed by atoms with Gasteiger partial charge in [-0.15, -0.1) is 21.5 Å². The van der Waals surface area contributed by atoms with E-state index in [9.17, 15) is 13.2 Å². The number of hydrogen-bond donors (Lipinski definition) is 1. The van der Waals surface area contributed by atoms with Crippen molar-refractivity contribution in [3.63, 3.8) is 0 Å². The molecule has 0 aliphatic rings. The van der Waals surface area contributed by atoms with Crippen LogP contribution < -0.4 is 5.14 Å². The van der Waals surface area contributed by atoms with Gasteiger partial charge in [-0.1, -0.05) is 17.8 Å². The number of thiophene rings is 1. The maximum absolute atomic E-state index is 12.8. The summed E-state index contributed by atoms with van der Waals surface area (Å²) >= 11 is 2.69. The number of thioether (sulfide) groups is 1. The number of carbonyl (C=O) groups is 1. The lowest BCUT2D eigenvalue weighted by molar-refractivity contribution is 0.102. The van der Waals surface area contributed by atoms with E-state index in [0.717, 1.165) is 22.0 Å². The zero-order valence-electron chi connectivity index (χ0n) is 16.6. The highest BCUT2D eigenvalue weighted by Gasteiger charge is 2.19. The number of carbonyl (C=O) groups excluding carboxylic acids is 1. The van der Waals surface area contributed by atoms with Crippen LogP contribution in [0, 0.1) is 13.8 Å². The van der Waals surface area contributed by atoms with Gasteiger partial charge in [0.15, 0.2) is 5.78 Å². The van der Waals surface area contributed by atoms with E-state index in [-0.39, 0.29) is 16.4 Å². The van der Waals surface area contributed by atoms with Crippen LogP contribution in [0.5, 0.6) is 0 Å². The van der Waals surface area contributed by atoms with Crippen molar-refractivity contribution in [2.75, 3.05) is 5.75 Å². The molecule has 0 aliphatic carbocycles. The first-order valence-corrected chi connectivity index (χ1v) is 12.5. The number of rotatable bonds is 7. The number of sulfonamides is 1. The molecule has 1 aromatic carbocycles. The van der Waals surface area contributed by atoms with Crippen LogP contribution in [-0.4, -0.2) is 34.7 Å². The van der Waals surface area contributed by atoms with Crippen molar-refractivity contribution in [3.05, 3.63) is 64.8 Å². The molecule has 31 heavy (non-hydrogen) atoms. The predicted octanol–water partition coefficient (Wildman–Crippen LogP) is 3.83. The number of Topliss-reactive ketones (excluding diaryl/α,β-unsaturated/α-hetero) is 1. The topological polar surface area (TPSA) is 121 Å². The van der Waals surface area contributed by atoms with Gasteiger partial charge in [0.1, 0.15) is 0 Å². The maximum Gasteiger partial charge on any atom is 0.277 e. The van der Waals surface area contributed by atoms with Crippen molar-refractivity contribution in [2.24, 2.45) is 5.14 Å². The van der Waals surface area contributed by atoms with Crippen LogP contribution in [0.15, 0.2) is 62.4 Å². The molecule has 0 unspecified atom stereocenters. The Hall–Kier alpha value is -2.73. The van der Waals surface area contributed by atoms with Crippen molar-refractivity contribution >= 4 is 38.9 Å². The van der Waals surface area contributed by atoms with E-state index in [1.807, 2.05) is 42.0 Å². The number of aryl methyl sites for hydroxylation is 1. The number of nitrogens with zero attached hydrogens (tertiary/aromatic N) is 3. The van der Waals surface area contributed by atoms with E-state index >= 15 is 0 Å². The summed E-state index contributed by atoms with van der Waals surface area (Å²) in [5.41, 5.74) is 2.94. The van der Waals surface area contributed by atoms with Crippen LogP contribution in [0.3, 0.4) is 0 Å². The van der Waals surface area contributed by atoms with Crippen molar-refractivity contribution in [3.8, 4) is 16.5 Å². The Morgan fingerprint density at radius 1 is 1.19 bits per heavy atom. The van der Waals surface area contributed by atoms with E-state index in [2.05, 4.69) is 10.2 Å². The van der Waals surface area contributed by atoms with Gasteiger partial charge in [0.2, 0.25) is 10.0 Å². The van der Waals surface area contributed by atoms with Crippen LogP contribution in [0.1, 0.15) is 21.7 Å². The van der Waals surface area contributed by atoms with Gasteiger partial charge in [-0.05, 0) is 55.6 Å². The molecule has 4 aromatic rings. The minimum absolute atomic E-state index is 0.0351. The Morgan fingerprint density at radius 3 is 2.58 bits per heavy atom. The number of hydrogen-bond acceptors (Lipinski definition) is 8. The fraction of sp³-hybridized carbons (Fsp3) is 0.150. The molecule has 0 saturated heterocycles. The fourth-order valence-electron chi connectivity index (χ4n) is 3.20. The quantitative estimate of drug-likeness (QED) is 0.319. The molecular weight excluding hydrogens is 456 g/mol. The second kappa shape index (κ2) is 8.42. The predicted molar refractivity (Wildman–Crippen MR) is 119 cm³/mol. The highest BCUT2D eigenvalue weighted by Crippen LogP contribution is 2.28. The molecule has 0 bridgehead atoms. The van der Waals surface area contributed by atoms with E-state index in [4.69, 9.17) is 9.56 Å². The zero-order valence-corrected chi connectivity index (χ0v) is 19.1. The largest absolute Gasteiger partial charge is 0.410 e. The normalized spacial score (nSPS) is 11.7. The van der Waals surface area contributed by atoms with Crippen LogP contribution in [0.4, 0.5) is 0 Å². The average molecular weight is 475 g/mol. The lowest BCUT2D eigenvalue weighted by atomic mass is 10.2. The summed E-state index contributed by atoms with van der Waals surface area (Å²) in [6.07, 6.45) is 0. The summed E-state index contributed by atoms with van der Waals surface area (Å²) in [6, 6.07) is 11.8. The van der Waals surface area contributed by atoms with E-state index in [0.29, 0.717) is 16.7 Å². The molecule has 8 nitrogen and oxygen atoms in total. The van der Waals surface area contributed by atoms with Gasteiger partial charge in [-0.2, -0.15) is 0 Å². The molecule has 3 heterocycles. The Morgan fingerprint density at radius 2 is 1.94 bits per heavy atom. The van der Waals surface area contributed by atoms with Gasteiger partial charge in [0.25, 0.3) is 11.1 Å². The molecule has 0 amide bonds. The highest BCUT2D eigenvalue weighted by atomic mass is 32.2. The van der Waals surface area contributed by atoms with Crippen molar-refractivity contribution < 1.29 is 17.6 Å². The third kappa shape index (κ3) is 4.49. The van der Waals surface area contributed by atoms with Gasteiger partial charge >= 0.3 is 0 Å². The first-order chi connectivity index (χ1) is 14.7. The molecule has 0 radical (unpaired) electrons. The molecule has 0 aliphatic heterocycles. The minimum atomic E-state index is -3.76. The SMILES string of the molecule is Cc1cc(C(=O)CSc2nnc(-c3cccs3)o2)c(C)n1-c1ccc(S(N)(=O)=O)cc1. The standard InChI is InChI=1S/C20H18N4O4S3/c1-12-10-16(13(2)24(12)14-5-7-15(8-6-14)31(21,26)27)17(25)11-30-20-23-22-19(28-20)18-4-3-9-29-18/h3-10H,11H2,1-2H3,(H2,21,26,27). The van der Waals surface area contributed by atoms with Gasteiger partial charge in [0, 0.05) is 22.6 Å². The van der Waals surface area contributed by atoms with Gasteiger partial charge < -0.3 is 8.98 Å². The molecular formula is C20H18N4O4S3. The van der Waals surface area contributed by atoms with Crippen LogP contribution in [0.2, 0.25) is 0 Å². The summed E-state index contributed by atoms with van der Waals surface area (Å²) in [5.74, 6) is 0.522. The summed E-state index contributed by atoms with van der Waals surface area (Å²) in [6.45, 7) is 3.73. The monoisotopic (exact) mass is 474 g/mol. The van der Waals surface area contributed by atoms with E-state index < -0.39 is 10.0 Å². The number of ketones is 1. The molecule has 0 saturated carbocycles. The van der Waals surface area contributed by atoms with Crippen molar-refractivity contribution in [1.82, 2.24) is 14.8 Å². The van der Waals surface area contributed by atoms with E-state index in [1.165, 1.54) is 35.2 Å². The molecule has 0 spiro atoms. The lowest BCUT2D eigenvalue weighted by Crippen LogP contribution is -2.12. The minimum Gasteiger partial charge on any atom is -0.410 e. The molecule has 2 N–H and O–H groups in total. The maximum atomic E-state index is 12.8. The number of aromatic nitrogens is 3. The summed E-state index contributed by atoms with van der Waals surface area (Å²) in [5, 5.41) is 15.4. The number of primary sulfonamides is 1. The molecule has 11 heteroatoms. The number of nitrogens with two attached hydrogens (primary N) is 1.